The number of aryl methyl sites for hydroxylation is 1. The van der Waals surface area contributed by atoms with Gasteiger partial charge in [-0.1, -0.05) is 12.1 Å². The predicted octanol–water partition coefficient (Wildman–Crippen LogP) is 2.77. The number of amides is 1. The van der Waals surface area contributed by atoms with Gasteiger partial charge in [-0.3, -0.25) is 14.7 Å². The van der Waals surface area contributed by atoms with Crippen LogP contribution < -0.4 is 5.63 Å². The number of hydrogen-bond acceptors (Lipinski definition) is 5. The van der Waals surface area contributed by atoms with Crippen molar-refractivity contribution < 1.29 is 9.21 Å². The Balaban J connectivity index is 1.44. The first-order chi connectivity index (χ1) is 14.1. The van der Waals surface area contributed by atoms with Crippen molar-refractivity contribution in [3.8, 4) is 0 Å². The number of carbonyl (C=O) groups is 1. The van der Waals surface area contributed by atoms with E-state index in [0.29, 0.717) is 12.1 Å². The van der Waals surface area contributed by atoms with Crippen molar-refractivity contribution in [2.24, 2.45) is 0 Å². The highest BCUT2D eigenvalue weighted by molar-refractivity contribution is 5.87. The van der Waals surface area contributed by atoms with Crippen LogP contribution in [0.3, 0.4) is 0 Å². The molecule has 0 spiro atoms. The van der Waals surface area contributed by atoms with E-state index in [0.717, 1.165) is 49.1 Å². The zero-order valence-electron chi connectivity index (χ0n) is 16.6. The van der Waals surface area contributed by atoms with Crippen LogP contribution in [0, 0.1) is 6.92 Å². The summed E-state index contributed by atoms with van der Waals surface area (Å²) >= 11 is 0. The Morgan fingerprint density at radius 1 is 1.07 bits per heavy atom. The minimum Gasteiger partial charge on any atom is -0.423 e. The quantitative estimate of drug-likeness (QED) is 0.640. The third-order valence-electron chi connectivity index (χ3n) is 5.42. The van der Waals surface area contributed by atoms with E-state index in [1.807, 2.05) is 54.5 Å². The summed E-state index contributed by atoms with van der Waals surface area (Å²) in [6.07, 6.45) is 4.78. The molecule has 1 aliphatic rings. The van der Waals surface area contributed by atoms with Crippen LogP contribution in [0.2, 0.25) is 0 Å². The average molecular weight is 391 g/mol. The summed E-state index contributed by atoms with van der Waals surface area (Å²) in [5.74, 6) is 0.0586. The Kier molecular flexibility index (Phi) is 5.71. The normalized spacial score (nSPS) is 15.4. The molecule has 29 heavy (non-hydrogen) atoms. The monoisotopic (exact) mass is 391 g/mol. The molecule has 3 heterocycles. The maximum atomic E-state index is 13.0. The lowest BCUT2D eigenvalue weighted by molar-refractivity contribution is -0.130. The first kappa shape index (κ1) is 19.3. The van der Waals surface area contributed by atoms with Crippen LogP contribution in [-0.2, 0) is 17.8 Å². The summed E-state index contributed by atoms with van der Waals surface area (Å²) < 4.78 is 5.31. The molecule has 2 aromatic heterocycles. The minimum absolute atomic E-state index is 0.0586. The Morgan fingerprint density at radius 2 is 1.90 bits per heavy atom. The molecule has 1 aliphatic heterocycles. The number of pyridine rings is 1. The van der Waals surface area contributed by atoms with Crippen molar-refractivity contribution in [3.63, 3.8) is 0 Å². The molecule has 1 aromatic carbocycles. The van der Waals surface area contributed by atoms with Gasteiger partial charge >= 0.3 is 5.63 Å². The first-order valence-electron chi connectivity index (χ1n) is 10.0. The van der Waals surface area contributed by atoms with Crippen LogP contribution in [0.1, 0.15) is 23.1 Å². The molecule has 6 nitrogen and oxygen atoms in total. The van der Waals surface area contributed by atoms with Crippen LogP contribution in [0.15, 0.2) is 58.0 Å². The van der Waals surface area contributed by atoms with Gasteiger partial charge < -0.3 is 9.32 Å². The Labute approximate surface area is 169 Å². The Hall–Kier alpha value is -2.99. The molecular formula is C23H25N3O3. The number of nitrogens with zero attached hydrogens (tertiary/aromatic N) is 3. The van der Waals surface area contributed by atoms with E-state index < -0.39 is 5.63 Å². The molecular weight excluding hydrogens is 366 g/mol. The predicted molar refractivity (Wildman–Crippen MR) is 112 cm³/mol. The van der Waals surface area contributed by atoms with Crippen LogP contribution in [-0.4, -0.2) is 46.9 Å². The molecule has 0 radical (unpaired) electrons. The molecule has 0 unspecified atom stereocenters. The van der Waals surface area contributed by atoms with Gasteiger partial charge in [0.05, 0.1) is 6.42 Å². The lowest BCUT2D eigenvalue weighted by atomic mass is 10.0. The molecule has 6 heteroatoms. The molecule has 0 N–H and O–H groups in total. The molecule has 0 bridgehead atoms. The van der Waals surface area contributed by atoms with E-state index >= 15 is 0 Å². The van der Waals surface area contributed by atoms with Gasteiger partial charge in [0.1, 0.15) is 5.58 Å². The van der Waals surface area contributed by atoms with Crippen LogP contribution in [0.25, 0.3) is 11.0 Å². The second-order valence-electron chi connectivity index (χ2n) is 7.63. The fourth-order valence-corrected chi connectivity index (χ4v) is 3.88. The van der Waals surface area contributed by atoms with Gasteiger partial charge in [0.15, 0.2) is 0 Å². The van der Waals surface area contributed by atoms with Gasteiger partial charge in [-0.05, 0) is 48.2 Å². The standard InChI is InChI=1S/C23H25N3O3/c1-17-3-4-20-19(15-23(28)29-21(20)13-17)14-22(27)26-10-2-9-25(11-12-26)16-18-5-7-24-8-6-18/h3-8,13,15H,2,9-12,14,16H2,1H3. The number of rotatable bonds is 4. The van der Waals surface area contributed by atoms with Gasteiger partial charge in [-0.25, -0.2) is 4.79 Å². The lowest BCUT2D eigenvalue weighted by Crippen LogP contribution is -2.36. The molecule has 1 saturated heterocycles. The third kappa shape index (κ3) is 4.71. The number of carbonyl (C=O) groups excluding carboxylic acids is 1. The van der Waals surface area contributed by atoms with E-state index in [2.05, 4.69) is 9.88 Å². The van der Waals surface area contributed by atoms with E-state index in [-0.39, 0.29) is 12.3 Å². The lowest BCUT2D eigenvalue weighted by Gasteiger charge is -2.22. The second-order valence-corrected chi connectivity index (χ2v) is 7.63. The van der Waals surface area contributed by atoms with Crippen molar-refractivity contribution >= 4 is 16.9 Å². The molecule has 4 rings (SSSR count). The first-order valence-corrected chi connectivity index (χ1v) is 10.0. The zero-order valence-corrected chi connectivity index (χ0v) is 16.6. The summed E-state index contributed by atoms with van der Waals surface area (Å²) in [5, 5.41) is 0.831. The van der Waals surface area contributed by atoms with Crippen LogP contribution in [0.5, 0.6) is 0 Å². The highest BCUT2D eigenvalue weighted by atomic mass is 16.4. The van der Waals surface area contributed by atoms with Gasteiger partial charge in [0.25, 0.3) is 0 Å². The molecule has 150 valence electrons. The van der Waals surface area contributed by atoms with Crippen molar-refractivity contribution in [2.45, 2.75) is 26.3 Å². The van der Waals surface area contributed by atoms with E-state index in [1.54, 1.807) is 0 Å². The van der Waals surface area contributed by atoms with Crippen LogP contribution >= 0.6 is 0 Å². The highest BCUT2D eigenvalue weighted by Gasteiger charge is 2.20. The molecule has 1 amide bonds. The topological polar surface area (TPSA) is 66.7 Å². The SMILES string of the molecule is Cc1ccc2c(CC(=O)N3CCCN(Cc4ccncc4)CC3)cc(=O)oc2c1. The molecule has 0 atom stereocenters. The van der Waals surface area contributed by atoms with Gasteiger partial charge in [-0.2, -0.15) is 0 Å². The van der Waals surface area contributed by atoms with Crippen molar-refractivity contribution in [2.75, 3.05) is 26.2 Å². The van der Waals surface area contributed by atoms with Crippen molar-refractivity contribution in [1.82, 2.24) is 14.8 Å². The van der Waals surface area contributed by atoms with Crippen LogP contribution in [0.4, 0.5) is 0 Å². The Morgan fingerprint density at radius 3 is 2.72 bits per heavy atom. The summed E-state index contributed by atoms with van der Waals surface area (Å²) in [4.78, 5) is 33.3. The maximum absolute atomic E-state index is 13.0. The number of fused-ring (bicyclic) bond motifs is 1. The zero-order chi connectivity index (χ0) is 20.2. The summed E-state index contributed by atoms with van der Waals surface area (Å²) in [6.45, 7) is 6.06. The fraction of sp³-hybridized carbons (Fsp3) is 0.348. The van der Waals surface area contributed by atoms with E-state index in [9.17, 15) is 9.59 Å². The smallest absolute Gasteiger partial charge is 0.336 e. The highest BCUT2D eigenvalue weighted by Crippen LogP contribution is 2.20. The van der Waals surface area contributed by atoms with Gasteiger partial charge in [-0.15, -0.1) is 0 Å². The molecule has 1 fully saturated rings. The summed E-state index contributed by atoms with van der Waals surface area (Å²) in [7, 11) is 0. The molecule has 0 saturated carbocycles. The summed E-state index contributed by atoms with van der Waals surface area (Å²) in [6, 6.07) is 11.2. The van der Waals surface area contributed by atoms with Gasteiger partial charge in [0, 0.05) is 56.6 Å². The number of hydrogen-bond donors (Lipinski definition) is 0. The van der Waals surface area contributed by atoms with Gasteiger partial charge in [0.2, 0.25) is 5.91 Å². The van der Waals surface area contributed by atoms with E-state index in [1.165, 1.54) is 11.6 Å². The second kappa shape index (κ2) is 8.57. The largest absolute Gasteiger partial charge is 0.423 e. The van der Waals surface area contributed by atoms with Crippen molar-refractivity contribution in [1.29, 1.82) is 0 Å². The third-order valence-corrected chi connectivity index (χ3v) is 5.42. The number of aromatic nitrogens is 1. The molecule has 0 aliphatic carbocycles. The van der Waals surface area contributed by atoms with Crippen molar-refractivity contribution in [3.05, 3.63) is 75.9 Å². The minimum atomic E-state index is -0.412. The molecule has 3 aromatic rings. The number of benzene rings is 1. The summed E-state index contributed by atoms with van der Waals surface area (Å²) in [5.41, 5.74) is 3.12. The van der Waals surface area contributed by atoms with E-state index in [4.69, 9.17) is 4.42 Å². The Bertz CT molecular complexity index is 1060. The maximum Gasteiger partial charge on any atom is 0.336 e. The average Bonchev–Trinajstić information content (AvgIpc) is 2.94. The fourth-order valence-electron chi connectivity index (χ4n) is 3.88.